The number of aromatic amines is 1. The molecule has 0 saturated heterocycles. The highest BCUT2D eigenvalue weighted by atomic mass is 16.5. The van der Waals surface area contributed by atoms with Crippen molar-refractivity contribution in [2.45, 2.75) is 25.8 Å². The van der Waals surface area contributed by atoms with Gasteiger partial charge in [0.05, 0.1) is 7.11 Å². The molecule has 8 heteroatoms. The fourth-order valence-electron chi connectivity index (χ4n) is 2.90. The molecule has 4 N–H and O–H groups in total. The maximum Gasteiger partial charge on any atom is 0.419 e. The molecule has 0 saturated carbocycles. The predicted octanol–water partition coefficient (Wildman–Crippen LogP) is 2.41. The number of benzene rings is 2. The maximum absolute atomic E-state index is 11.4. The van der Waals surface area contributed by atoms with E-state index in [1.165, 1.54) is 7.11 Å². The van der Waals surface area contributed by atoms with Crippen LogP contribution in [0.15, 0.2) is 51.7 Å². The van der Waals surface area contributed by atoms with E-state index in [0.29, 0.717) is 17.9 Å². The molecular weight excluding hydrogens is 376 g/mol. The van der Waals surface area contributed by atoms with E-state index in [0.717, 1.165) is 16.7 Å². The quantitative estimate of drug-likeness (QED) is 0.521. The van der Waals surface area contributed by atoms with Gasteiger partial charge < -0.3 is 24.7 Å². The van der Waals surface area contributed by atoms with Crippen LogP contribution < -0.4 is 16.2 Å². The molecule has 152 valence electrons. The van der Waals surface area contributed by atoms with Gasteiger partial charge in [-0.25, -0.2) is 4.79 Å². The van der Waals surface area contributed by atoms with Gasteiger partial charge in [0.15, 0.2) is 5.76 Å². The number of aromatic hydroxyl groups is 1. The van der Waals surface area contributed by atoms with Crippen molar-refractivity contribution in [3.05, 3.63) is 75.5 Å². The van der Waals surface area contributed by atoms with E-state index in [2.05, 4.69) is 9.72 Å². The predicted molar refractivity (Wildman–Crippen MR) is 105 cm³/mol. The van der Waals surface area contributed by atoms with Crippen LogP contribution in [0.1, 0.15) is 22.5 Å². The van der Waals surface area contributed by atoms with Crippen molar-refractivity contribution in [1.82, 2.24) is 4.98 Å². The standard InChI is InChI=1S/C21H22N2O6/c1-12-9-14(11-18-19(24)23-21(26)29-18)5-8-17(12)28-15-6-3-13(4-7-15)10-16(22)20(25)27-2/h3-9,16,24H,10-11,22H2,1-2H3,(H,23,26). The van der Waals surface area contributed by atoms with Crippen LogP contribution in [-0.2, 0) is 22.4 Å². The lowest BCUT2D eigenvalue weighted by atomic mass is 10.1. The number of aryl methyl sites for hydroxylation is 1. The molecule has 0 aliphatic heterocycles. The minimum Gasteiger partial charge on any atom is -0.492 e. The molecule has 0 radical (unpaired) electrons. The molecule has 1 heterocycles. The van der Waals surface area contributed by atoms with Crippen LogP contribution in [-0.4, -0.2) is 29.2 Å². The van der Waals surface area contributed by atoms with Crippen LogP contribution >= 0.6 is 0 Å². The molecule has 0 fully saturated rings. The van der Waals surface area contributed by atoms with Crippen LogP contribution in [0.4, 0.5) is 0 Å². The minimum atomic E-state index is -0.703. The number of H-pyrrole nitrogens is 1. The van der Waals surface area contributed by atoms with Gasteiger partial charge in [0.25, 0.3) is 0 Å². The van der Waals surface area contributed by atoms with Gasteiger partial charge in [0.1, 0.15) is 17.5 Å². The third-order valence-electron chi connectivity index (χ3n) is 4.42. The first-order valence-electron chi connectivity index (χ1n) is 8.96. The highest BCUT2D eigenvalue weighted by Gasteiger charge is 2.14. The molecule has 3 aromatic rings. The Morgan fingerprint density at radius 3 is 2.48 bits per heavy atom. The highest BCUT2D eigenvalue weighted by molar-refractivity contribution is 5.75. The molecule has 0 spiro atoms. The molecule has 0 aliphatic carbocycles. The first-order chi connectivity index (χ1) is 13.9. The van der Waals surface area contributed by atoms with Crippen LogP contribution in [0.2, 0.25) is 0 Å². The lowest BCUT2D eigenvalue weighted by molar-refractivity contribution is -0.142. The molecule has 0 amide bonds. The van der Waals surface area contributed by atoms with E-state index in [1.54, 1.807) is 12.1 Å². The number of nitrogens with two attached hydrogens (primary N) is 1. The van der Waals surface area contributed by atoms with Crippen molar-refractivity contribution in [3.63, 3.8) is 0 Å². The summed E-state index contributed by atoms with van der Waals surface area (Å²) in [7, 11) is 1.31. The Kier molecular flexibility index (Phi) is 6.04. The van der Waals surface area contributed by atoms with Gasteiger partial charge in [-0.2, -0.15) is 0 Å². The Morgan fingerprint density at radius 2 is 1.90 bits per heavy atom. The van der Waals surface area contributed by atoms with Crippen molar-refractivity contribution < 1.29 is 23.8 Å². The number of ether oxygens (including phenoxy) is 2. The number of carbonyl (C=O) groups is 1. The first kappa shape index (κ1) is 20.2. The highest BCUT2D eigenvalue weighted by Crippen LogP contribution is 2.27. The molecule has 0 aliphatic rings. The SMILES string of the molecule is COC(=O)C(N)Cc1ccc(Oc2ccc(Cc3oc(=O)[nH]c3O)cc2C)cc1. The Bertz CT molecular complexity index is 1050. The summed E-state index contributed by atoms with van der Waals surface area (Å²) >= 11 is 0. The first-order valence-corrected chi connectivity index (χ1v) is 8.96. The van der Waals surface area contributed by atoms with Gasteiger partial charge in [0, 0.05) is 6.42 Å². The fraction of sp³-hybridized carbons (Fsp3) is 0.238. The zero-order chi connectivity index (χ0) is 21.0. The van der Waals surface area contributed by atoms with E-state index in [9.17, 15) is 14.7 Å². The maximum atomic E-state index is 11.4. The minimum absolute atomic E-state index is 0.184. The Balaban J connectivity index is 1.66. The monoisotopic (exact) mass is 398 g/mol. The lowest BCUT2D eigenvalue weighted by Gasteiger charge is -2.12. The van der Waals surface area contributed by atoms with E-state index >= 15 is 0 Å². The van der Waals surface area contributed by atoms with Crippen molar-refractivity contribution in [1.29, 1.82) is 0 Å². The van der Waals surface area contributed by atoms with Crippen molar-refractivity contribution in [2.24, 2.45) is 5.73 Å². The topological polar surface area (TPSA) is 128 Å². The number of esters is 1. The molecule has 1 atom stereocenters. The third kappa shape index (κ3) is 5.05. The summed E-state index contributed by atoms with van der Waals surface area (Å²) in [5, 5.41) is 9.63. The van der Waals surface area contributed by atoms with Gasteiger partial charge in [0.2, 0.25) is 5.88 Å². The molecule has 1 unspecified atom stereocenters. The molecule has 0 bridgehead atoms. The van der Waals surface area contributed by atoms with Gasteiger partial charge in [-0.05, 0) is 48.2 Å². The summed E-state index contributed by atoms with van der Waals surface area (Å²) < 4.78 is 15.5. The zero-order valence-electron chi connectivity index (χ0n) is 16.1. The molecule has 8 nitrogen and oxygen atoms in total. The average molecular weight is 398 g/mol. The van der Waals surface area contributed by atoms with Crippen LogP contribution in [0.5, 0.6) is 17.4 Å². The van der Waals surface area contributed by atoms with Gasteiger partial charge in [-0.15, -0.1) is 0 Å². The number of aromatic nitrogens is 1. The summed E-state index contributed by atoms with van der Waals surface area (Å²) in [6.07, 6.45) is 0.656. The number of rotatable bonds is 7. The fourth-order valence-corrected chi connectivity index (χ4v) is 2.90. The summed E-state index contributed by atoms with van der Waals surface area (Å²) in [5.74, 6) is 0.0975. The van der Waals surface area contributed by atoms with Gasteiger partial charge >= 0.3 is 11.7 Å². The van der Waals surface area contributed by atoms with Crippen LogP contribution in [0, 0.1) is 6.92 Å². The Hall–Kier alpha value is -3.52. The second kappa shape index (κ2) is 8.66. The third-order valence-corrected chi connectivity index (χ3v) is 4.42. The summed E-state index contributed by atoms with van der Waals surface area (Å²) in [4.78, 5) is 24.7. The van der Waals surface area contributed by atoms with E-state index in [-0.39, 0.29) is 18.1 Å². The van der Waals surface area contributed by atoms with Crippen LogP contribution in [0.3, 0.4) is 0 Å². The summed E-state index contributed by atoms with van der Waals surface area (Å²) in [6, 6.07) is 12.1. The smallest absolute Gasteiger partial charge is 0.419 e. The number of hydrogen-bond acceptors (Lipinski definition) is 7. The largest absolute Gasteiger partial charge is 0.492 e. The average Bonchev–Trinajstić information content (AvgIpc) is 3.01. The molecular formula is C21H22N2O6. The van der Waals surface area contributed by atoms with E-state index < -0.39 is 17.8 Å². The van der Waals surface area contributed by atoms with Crippen molar-refractivity contribution in [3.8, 4) is 17.4 Å². The molecule has 3 rings (SSSR count). The Labute approximate surface area is 166 Å². The van der Waals surface area contributed by atoms with Gasteiger partial charge in [-0.3, -0.25) is 9.78 Å². The molecule has 29 heavy (non-hydrogen) atoms. The second-order valence-corrected chi connectivity index (χ2v) is 6.64. The summed E-state index contributed by atoms with van der Waals surface area (Å²) in [5.41, 5.74) is 8.42. The number of oxazole rings is 1. The Morgan fingerprint density at radius 1 is 1.21 bits per heavy atom. The zero-order valence-corrected chi connectivity index (χ0v) is 16.1. The molecule has 1 aromatic heterocycles. The molecule has 2 aromatic carbocycles. The normalized spacial score (nSPS) is 11.8. The van der Waals surface area contributed by atoms with Crippen molar-refractivity contribution in [2.75, 3.05) is 7.11 Å². The van der Waals surface area contributed by atoms with Crippen molar-refractivity contribution >= 4 is 5.97 Å². The van der Waals surface area contributed by atoms with E-state index in [4.69, 9.17) is 14.9 Å². The number of hydrogen-bond donors (Lipinski definition) is 3. The number of methoxy groups -OCH3 is 1. The second-order valence-electron chi connectivity index (χ2n) is 6.64. The summed E-state index contributed by atoms with van der Waals surface area (Å²) in [6.45, 7) is 1.90. The van der Waals surface area contributed by atoms with Crippen LogP contribution in [0.25, 0.3) is 0 Å². The number of carbonyl (C=O) groups excluding carboxylic acids is 1. The lowest BCUT2D eigenvalue weighted by Crippen LogP contribution is -2.33. The van der Waals surface area contributed by atoms with E-state index in [1.807, 2.05) is 37.3 Å². The van der Waals surface area contributed by atoms with Gasteiger partial charge in [-0.1, -0.05) is 24.3 Å². The number of nitrogens with one attached hydrogen (secondary N) is 1.